The Labute approximate surface area is 133 Å². The van der Waals surface area contributed by atoms with Crippen molar-refractivity contribution >= 4 is 45.4 Å². The van der Waals surface area contributed by atoms with Crippen LogP contribution in [0.15, 0.2) is 29.4 Å². The lowest BCUT2D eigenvalue weighted by Crippen LogP contribution is -2.38. The first-order valence-corrected chi connectivity index (χ1v) is 9.64. The number of hydrazine groups is 2. The monoisotopic (exact) mass is 381 g/mol. The Kier molecular flexibility index (Phi) is 7.14. The van der Waals surface area contributed by atoms with Crippen molar-refractivity contribution in [2.45, 2.75) is 0 Å². The lowest BCUT2D eigenvalue weighted by molar-refractivity contribution is -0.435. The molecule has 0 atom stereocenters. The molecule has 0 aliphatic heterocycles. The Balaban J connectivity index is 2.66. The minimum atomic E-state index is -2.69. The fourth-order valence-electron chi connectivity index (χ4n) is 0.978. The van der Waals surface area contributed by atoms with Crippen LogP contribution in [-0.2, 0) is 11.8 Å². The van der Waals surface area contributed by atoms with Crippen LogP contribution in [0.1, 0.15) is 5.56 Å². The third-order valence-corrected chi connectivity index (χ3v) is 4.78. The Hall–Kier alpha value is -0.610. The molecule has 0 saturated heterocycles. The van der Waals surface area contributed by atoms with Crippen molar-refractivity contribution in [2.75, 3.05) is 7.05 Å². The van der Waals surface area contributed by atoms with Crippen LogP contribution in [0, 0.1) is 0 Å². The zero-order valence-electron chi connectivity index (χ0n) is 10.3. The Morgan fingerprint density at radius 1 is 1.33 bits per heavy atom. The van der Waals surface area contributed by atoms with Crippen molar-refractivity contribution in [3.8, 4) is 5.75 Å². The van der Waals surface area contributed by atoms with Gasteiger partial charge in [-0.15, -0.1) is 4.48 Å². The quantitative estimate of drug-likeness (QED) is 0.336. The van der Waals surface area contributed by atoms with Gasteiger partial charge in [-0.2, -0.15) is 5.10 Å². The molecule has 0 spiro atoms. The third-order valence-electron chi connectivity index (χ3n) is 1.98. The van der Waals surface area contributed by atoms with E-state index in [1.165, 1.54) is 42.3 Å². The smallest absolute Gasteiger partial charge is 0.222 e. The van der Waals surface area contributed by atoms with E-state index >= 15 is 0 Å². The van der Waals surface area contributed by atoms with Gasteiger partial charge in [0.15, 0.2) is 11.1 Å². The van der Waals surface area contributed by atoms with Gasteiger partial charge in [-0.25, -0.2) is 4.78 Å². The van der Waals surface area contributed by atoms with E-state index in [0.29, 0.717) is 11.2 Å². The summed E-state index contributed by atoms with van der Waals surface area (Å²) in [7, 11) is 1.52. The summed E-state index contributed by atoms with van der Waals surface area (Å²) < 4.78 is 37.9. The molecule has 0 fully saturated rings. The number of nitrogens with zero attached hydrogens (tertiary/aromatic N) is 4. The van der Waals surface area contributed by atoms with E-state index in [9.17, 15) is 13.4 Å². The van der Waals surface area contributed by atoms with Crippen LogP contribution in [0.4, 0.5) is 13.4 Å². The summed E-state index contributed by atoms with van der Waals surface area (Å²) >= 11 is 16.3. The van der Waals surface area contributed by atoms with Crippen molar-refractivity contribution in [3.05, 3.63) is 29.8 Å². The molecule has 21 heavy (non-hydrogen) atoms. The van der Waals surface area contributed by atoms with Gasteiger partial charge in [0, 0.05) is 7.05 Å². The van der Waals surface area contributed by atoms with Crippen LogP contribution in [0.2, 0.25) is 0 Å². The Bertz CT molecular complexity index is 533. The lowest BCUT2D eigenvalue weighted by Gasteiger charge is -2.16. The van der Waals surface area contributed by atoms with Crippen molar-refractivity contribution < 1.29 is 18.3 Å². The number of rotatable bonds is 7. The highest BCUT2D eigenvalue weighted by Gasteiger charge is 2.16. The maximum atomic E-state index is 12.8. The van der Waals surface area contributed by atoms with E-state index in [4.69, 9.17) is 34.3 Å². The molecule has 0 aromatic heterocycles. The molecule has 0 saturated carbocycles. The number of nitrogens with one attached hydrogen (secondary N) is 1. The number of hydrogen-bond donors (Lipinski definition) is 1. The van der Waals surface area contributed by atoms with Crippen LogP contribution in [-0.4, -0.2) is 28.8 Å². The molecular formula is C8H9Cl2F3N5OPS. The molecule has 1 N–H and O–H groups in total. The number of halogens is 5. The minimum absolute atomic E-state index is 0.0827. The normalized spacial score (nSPS) is 12.4. The standard InChI is InChI=1S/C8H9Cl2F3N5OPS/c1-16(20(9,10)21)14-6-7-2-4-8(5-3-7)19-18(13)17(12)15-11/h2-6,15H,1H3. The molecule has 0 bridgehead atoms. The first kappa shape index (κ1) is 18.4. The lowest BCUT2D eigenvalue weighted by atomic mass is 10.2. The van der Waals surface area contributed by atoms with Crippen LogP contribution >= 0.6 is 27.4 Å². The zero-order chi connectivity index (χ0) is 16.0. The second-order valence-corrected chi connectivity index (χ2v) is 11.1. The summed E-state index contributed by atoms with van der Waals surface area (Å²) in [4.78, 5) is 1.61. The van der Waals surface area contributed by atoms with Crippen LogP contribution in [0.3, 0.4) is 0 Å². The fraction of sp³-hybridized carbons (Fsp3) is 0.125. The van der Waals surface area contributed by atoms with Crippen LogP contribution in [0.25, 0.3) is 0 Å². The van der Waals surface area contributed by atoms with Crippen LogP contribution in [0.5, 0.6) is 5.75 Å². The van der Waals surface area contributed by atoms with E-state index in [0.717, 1.165) is 0 Å². The molecular weight excluding hydrogens is 373 g/mol. The van der Waals surface area contributed by atoms with Gasteiger partial charge in [-0.05, 0) is 69.8 Å². The fourth-order valence-corrected chi connectivity index (χ4v) is 1.51. The molecule has 1 aromatic carbocycles. The molecule has 0 unspecified atom stereocenters. The average molecular weight is 382 g/mol. The predicted molar refractivity (Wildman–Crippen MR) is 78.6 cm³/mol. The summed E-state index contributed by atoms with van der Waals surface area (Å²) in [5.41, 5.74) is 0.972. The van der Waals surface area contributed by atoms with Gasteiger partial charge in [0.1, 0.15) is 0 Å². The average Bonchev–Trinajstić information content (AvgIpc) is 2.44. The summed E-state index contributed by atoms with van der Waals surface area (Å²) in [6.07, 6.45) is 1.41. The molecule has 0 radical (unpaired) electrons. The van der Waals surface area contributed by atoms with E-state index < -0.39 is 15.6 Å². The SMILES string of the molecule is CN(N=Cc1ccc(ON(F)N(F)NF)cc1)P(=S)(Cl)Cl. The highest BCUT2D eigenvalue weighted by atomic mass is 35.9. The summed E-state index contributed by atoms with van der Waals surface area (Å²) in [5.74, 6) is -0.0827. The Morgan fingerprint density at radius 3 is 2.38 bits per heavy atom. The largest absolute Gasteiger partial charge is 0.360 e. The van der Waals surface area contributed by atoms with E-state index in [2.05, 4.69) is 9.94 Å². The van der Waals surface area contributed by atoms with Crippen molar-refractivity contribution in [2.24, 2.45) is 5.10 Å². The topological polar surface area (TPSA) is 43.3 Å². The van der Waals surface area contributed by atoms with E-state index in [1.54, 1.807) is 0 Å². The highest BCUT2D eigenvalue weighted by molar-refractivity contribution is 8.37. The molecule has 0 heterocycles. The van der Waals surface area contributed by atoms with Crippen molar-refractivity contribution in [3.63, 3.8) is 0 Å². The molecule has 1 aromatic rings. The minimum Gasteiger partial charge on any atom is -0.360 e. The number of hydrazone groups is 1. The molecule has 0 amide bonds. The maximum Gasteiger partial charge on any atom is 0.222 e. The molecule has 1 rings (SSSR count). The second kappa shape index (κ2) is 8.14. The first-order chi connectivity index (χ1) is 9.74. The summed E-state index contributed by atoms with van der Waals surface area (Å²) in [5, 5.41) is 1.82. The summed E-state index contributed by atoms with van der Waals surface area (Å²) in [6.45, 7) is 0. The van der Waals surface area contributed by atoms with Gasteiger partial charge in [-0.3, -0.25) is 0 Å². The molecule has 13 heteroatoms. The van der Waals surface area contributed by atoms with Crippen LogP contribution < -0.4 is 10.5 Å². The number of benzene rings is 1. The summed E-state index contributed by atoms with van der Waals surface area (Å²) in [6, 6.07) is 5.57. The zero-order valence-corrected chi connectivity index (χ0v) is 13.6. The van der Waals surface area contributed by atoms with E-state index in [1.807, 2.05) is 0 Å². The van der Waals surface area contributed by atoms with Gasteiger partial charge in [0.25, 0.3) is 0 Å². The molecule has 118 valence electrons. The van der Waals surface area contributed by atoms with Gasteiger partial charge < -0.3 is 4.84 Å². The predicted octanol–water partition coefficient (Wildman–Crippen LogP) is 3.63. The highest BCUT2D eigenvalue weighted by Crippen LogP contribution is 2.59. The van der Waals surface area contributed by atoms with Gasteiger partial charge in [-0.1, -0.05) is 8.96 Å². The Morgan fingerprint density at radius 2 is 1.90 bits per heavy atom. The van der Waals surface area contributed by atoms with Gasteiger partial charge in [0.2, 0.25) is 4.89 Å². The molecule has 0 aliphatic carbocycles. The third kappa shape index (κ3) is 6.35. The van der Waals surface area contributed by atoms with Gasteiger partial charge >= 0.3 is 0 Å². The second-order valence-electron chi connectivity index (χ2n) is 3.40. The first-order valence-electron chi connectivity index (χ1n) is 5.07. The number of hydrogen-bond acceptors (Lipinski definition) is 6. The van der Waals surface area contributed by atoms with Crippen molar-refractivity contribution in [1.82, 2.24) is 21.2 Å². The molecule has 6 nitrogen and oxygen atoms in total. The van der Waals surface area contributed by atoms with E-state index in [-0.39, 0.29) is 5.75 Å². The maximum absolute atomic E-state index is 12.8. The van der Waals surface area contributed by atoms with Crippen molar-refractivity contribution in [1.29, 1.82) is 0 Å². The van der Waals surface area contributed by atoms with Gasteiger partial charge in [0.05, 0.1) is 11.6 Å². The molecule has 0 aliphatic rings.